The number of anilines is 1. The molecular formula is C20H19N3O5S. The lowest BCUT2D eigenvalue weighted by Gasteiger charge is -2.18. The van der Waals surface area contributed by atoms with Crippen molar-refractivity contribution in [2.75, 3.05) is 25.6 Å². The molecule has 0 unspecified atom stereocenters. The third kappa shape index (κ3) is 4.62. The van der Waals surface area contributed by atoms with Gasteiger partial charge >= 0.3 is 0 Å². The average molecular weight is 413 g/mol. The number of nitrogens with one attached hydrogen (secondary N) is 2. The Balaban J connectivity index is 1.37. The highest BCUT2D eigenvalue weighted by Gasteiger charge is 2.32. The second kappa shape index (κ2) is 8.44. The SMILES string of the molecule is COc1ccc(NC(=O)C[C@H]2SC(=Nc3ccc4c(c3)OCCO4)NC2=O)cc1. The van der Waals surface area contributed by atoms with Gasteiger partial charge in [0.05, 0.1) is 12.8 Å². The molecular weight excluding hydrogens is 394 g/mol. The zero-order valence-electron chi connectivity index (χ0n) is 15.6. The van der Waals surface area contributed by atoms with Crippen LogP contribution in [0.15, 0.2) is 47.5 Å². The second-order valence-electron chi connectivity index (χ2n) is 6.32. The number of nitrogens with zero attached hydrogens (tertiary/aromatic N) is 1. The van der Waals surface area contributed by atoms with Crippen LogP contribution in [0.2, 0.25) is 0 Å². The molecule has 0 saturated carbocycles. The minimum atomic E-state index is -0.538. The molecule has 29 heavy (non-hydrogen) atoms. The summed E-state index contributed by atoms with van der Waals surface area (Å²) in [5, 5.41) is 5.42. The van der Waals surface area contributed by atoms with Crippen molar-refractivity contribution in [1.29, 1.82) is 0 Å². The maximum absolute atomic E-state index is 12.3. The highest BCUT2D eigenvalue weighted by molar-refractivity contribution is 8.15. The number of amidine groups is 1. The fourth-order valence-electron chi connectivity index (χ4n) is 2.87. The van der Waals surface area contributed by atoms with E-state index in [1.807, 2.05) is 0 Å². The lowest BCUT2D eigenvalue weighted by atomic mass is 10.2. The standard InChI is InChI=1S/C20H19N3O5S/c1-26-14-5-2-12(3-6-14)21-18(24)11-17-19(25)23-20(29-17)22-13-4-7-15-16(10-13)28-9-8-27-15/h2-7,10,17H,8-9,11H2,1H3,(H,21,24)(H,22,23,25)/t17-/m1/s1. The molecule has 2 N–H and O–H groups in total. The van der Waals surface area contributed by atoms with Gasteiger partial charge in [0.15, 0.2) is 16.7 Å². The highest BCUT2D eigenvalue weighted by atomic mass is 32.2. The van der Waals surface area contributed by atoms with Crippen molar-refractivity contribution in [2.24, 2.45) is 4.99 Å². The van der Waals surface area contributed by atoms with E-state index < -0.39 is 5.25 Å². The van der Waals surface area contributed by atoms with Crippen LogP contribution in [0.3, 0.4) is 0 Å². The second-order valence-corrected chi connectivity index (χ2v) is 7.51. The van der Waals surface area contributed by atoms with Crippen LogP contribution < -0.4 is 24.8 Å². The molecule has 1 fully saturated rings. The molecule has 2 aromatic carbocycles. The quantitative estimate of drug-likeness (QED) is 0.782. The number of amides is 2. The Bertz CT molecular complexity index is 961. The van der Waals surface area contributed by atoms with Gasteiger partial charge in [-0.3, -0.25) is 9.59 Å². The van der Waals surface area contributed by atoms with Gasteiger partial charge in [-0.1, -0.05) is 11.8 Å². The van der Waals surface area contributed by atoms with E-state index in [0.29, 0.717) is 47.0 Å². The van der Waals surface area contributed by atoms with Crippen molar-refractivity contribution < 1.29 is 23.8 Å². The van der Waals surface area contributed by atoms with Gasteiger partial charge in [0.25, 0.3) is 0 Å². The third-order valence-electron chi connectivity index (χ3n) is 4.28. The summed E-state index contributed by atoms with van der Waals surface area (Å²) in [5.74, 6) is 1.52. The summed E-state index contributed by atoms with van der Waals surface area (Å²) in [6, 6.07) is 12.3. The molecule has 150 valence electrons. The van der Waals surface area contributed by atoms with E-state index >= 15 is 0 Å². The van der Waals surface area contributed by atoms with Gasteiger partial charge in [-0.05, 0) is 36.4 Å². The van der Waals surface area contributed by atoms with Gasteiger partial charge in [-0.2, -0.15) is 0 Å². The van der Waals surface area contributed by atoms with Gasteiger partial charge in [0, 0.05) is 18.2 Å². The Labute approximate surface area is 171 Å². The number of fused-ring (bicyclic) bond motifs is 1. The Morgan fingerprint density at radius 1 is 1.21 bits per heavy atom. The van der Waals surface area contributed by atoms with E-state index in [2.05, 4.69) is 15.6 Å². The van der Waals surface area contributed by atoms with Crippen LogP contribution in [-0.4, -0.2) is 42.6 Å². The van der Waals surface area contributed by atoms with Crippen LogP contribution in [0.1, 0.15) is 6.42 Å². The molecule has 8 nitrogen and oxygen atoms in total. The molecule has 0 aliphatic carbocycles. The average Bonchev–Trinajstić information content (AvgIpc) is 3.07. The molecule has 1 saturated heterocycles. The lowest BCUT2D eigenvalue weighted by molar-refractivity contribution is -0.122. The molecule has 0 spiro atoms. The number of carbonyl (C=O) groups excluding carboxylic acids is 2. The van der Waals surface area contributed by atoms with Crippen molar-refractivity contribution in [3.8, 4) is 17.2 Å². The van der Waals surface area contributed by atoms with Crippen LogP contribution in [0, 0.1) is 0 Å². The summed E-state index contributed by atoms with van der Waals surface area (Å²) >= 11 is 1.23. The summed E-state index contributed by atoms with van der Waals surface area (Å²) in [6.45, 7) is 1.01. The number of carbonyl (C=O) groups is 2. The number of aliphatic imine (C=N–C) groups is 1. The monoisotopic (exact) mass is 413 g/mol. The van der Waals surface area contributed by atoms with E-state index in [4.69, 9.17) is 14.2 Å². The number of benzene rings is 2. The first-order valence-electron chi connectivity index (χ1n) is 9.00. The van der Waals surface area contributed by atoms with Crippen molar-refractivity contribution in [3.05, 3.63) is 42.5 Å². The van der Waals surface area contributed by atoms with Gasteiger partial charge in [-0.25, -0.2) is 4.99 Å². The zero-order valence-corrected chi connectivity index (χ0v) is 16.5. The smallest absolute Gasteiger partial charge is 0.240 e. The van der Waals surface area contributed by atoms with Crippen molar-refractivity contribution in [1.82, 2.24) is 5.32 Å². The predicted molar refractivity (Wildman–Crippen MR) is 110 cm³/mol. The Hall–Kier alpha value is -3.20. The maximum atomic E-state index is 12.3. The van der Waals surface area contributed by atoms with Crippen LogP contribution in [0.4, 0.5) is 11.4 Å². The number of ether oxygens (including phenoxy) is 3. The Morgan fingerprint density at radius 2 is 1.97 bits per heavy atom. The van der Waals surface area contributed by atoms with E-state index in [1.165, 1.54) is 11.8 Å². The molecule has 2 aliphatic rings. The molecule has 1 atom stereocenters. The minimum Gasteiger partial charge on any atom is -0.497 e. The van der Waals surface area contributed by atoms with Gasteiger partial charge in [0.1, 0.15) is 24.2 Å². The maximum Gasteiger partial charge on any atom is 0.240 e. The van der Waals surface area contributed by atoms with Crippen molar-refractivity contribution in [3.63, 3.8) is 0 Å². The largest absolute Gasteiger partial charge is 0.497 e. The molecule has 0 aromatic heterocycles. The summed E-state index contributed by atoms with van der Waals surface area (Å²) in [6.07, 6.45) is 0.0443. The molecule has 2 amide bonds. The highest BCUT2D eigenvalue weighted by Crippen LogP contribution is 2.34. The Kier molecular flexibility index (Phi) is 5.57. The number of methoxy groups -OCH3 is 1. The summed E-state index contributed by atoms with van der Waals surface area (Å²) in [4.78, 5) is 29.0. The molecule has 2 heterocycles. The molecule has 9 heteroatoms. The van der Waals surface area contributed by atoms with Gasteiger partial charge in [-0.15, -0.1) is 0 Å². The fraction of sp³-hybridized carbons (Fsp3) is 0.250. The number of hydrogen-bond acceptors (Lipinski definition) is 7. The van der Waals surface area contributed by atoms with E-state index in [9.17, 15) is 9.59 Å². The molecule has 0 bridgehead atoms. The molecule has 2 aliphatic heterocycles. The predicted octanol–water partition coefficient (Wildman–Crippen LogP) is 2.71. The topological polar surface area (TPSA) is 98.2 Å². The van der Waals surface area contributed by atoms with E-state index in [0.717, 1.165) is 0 Å². The molecule has 0 radical (unpaired) electrons. The normalized spacial score (nSPS) is 19.0. The first-order chi connectivity index (χ1) is 14.1. The van der Waals surface area contributed by atoms with Crippen LogP contribution in [0.25, 0.3) is 0 Å². The van der Waals surface area contributed by atoms with Crippen LogP contribution >= 0.6 is 11.8 Å². The van der Waals surface area contributed by atoms with Gasteiger partial charge < -0.3 is 24.8 Å². The van der Waals surface area contributed by atoms with E-state index in [1.54, 1.807) is 49.6 Å². The summed E-state index contributed by atoms with van der Waals surface area (Å²) in [5.41, 5.74) is 1.28. The first-order valence-corrected chi connectivity index (χ1v) is 9.88. The minimum absolute atomic E-state index is 0.0443. The number of rotatable bonds is 5. The Morgan fingerprint density at radius 3 is 2.72 bits per heavy atom. The van der Waals surface area contributed by atoms with Crippen molar-refractivity contribution >= 4 is 40.1 Å². The van der Waals surface area contributed by atoms with Gasteiger partial charge in [0.2, 0.25) is 11.8 Å². The fourth-order valence-corrected chi connectivity index (χ4v) is 3.85. The molecule has 2 aromatic rings. The first kappa shape index (κ1) is 19.1. The lowest BCUT2D eigenvalue weighted by Crippen LogP contribution is -2.28. The number of thioether (sulfide) groups is 1. The third-order valence-corrected chi connectivity index (χ3v) is 5.36. The van der Waals surface area contributed by atoms with E-state index in [-0.39, 0.29) is 18.2 Å². The summed E-state index contributed by atoms with van der Waals surface area (Å²) in [7, 11) is 1.58. The zero-order chi connectivity index (χ0) is 20.2. The molecule has 4 rings (SSSR count). The van der Waals surface area contributed by atoms with Crippen LogP contribution in [-0.2, 0) is 9.59 Å². The number of hydrogen-bond donors (Lipinski definition) is 2. The van der Waals surface area contributed by atoms with Crippen molar-refractivity contribution in [2.45, 2.75) is 11.7 Å². The summed E-state index contributed by atoms with van der Waals surface area (Å²) < 4.78 is 16.1. The van der Waals surface area contributed by atoms with Crippen LogP contribution in [0.5, 0.6) is 17.2 Å².